The van der Waals surface area contributed by atoms with Crippen molar-refractivity contribution in [1.82, 2.24) is 10.2 Å². The van der Waals surface area contributed by atoms with Gasteiger partial charge in [0.25, 0.3) is 11.8 Å². The minimum Gasteiger partial charge on any atom is -0.484 e. The van der Waals surface area contributed by atoms with Crippen molar-refractivity contribution in [3.63, 3.8) is 0 Å². The van der Waals surface area contributed by atoms with Crippen LogP contribution in [0.15, 0.2) is 41.6 Å². The van der Waals surface area contributed by atoms with E-state index in [0.29, 0.717) is 17.7 Å². The van der Waals surface area contributed by atoms with Crippen LogP contribution in [0.25, 0.3) is 0 Å². The zero-order valence-corrected chi connectivity index (χ0v) is 21.9. The van der Waals surface area contributed by atoms with Gasteiger partial charge in [0.2, 0.25) is 3.79 Å². The first-order valence-electron chi connectivity index (χ1n) is 10.5. The second-order valence-corrected chi connectivity index (χ2v) is 11.5. The van der Waals surface area contributed by atoms with Gasteiger partial charge in [0.15, 0.2) is 6.61 Å². The summed E-state index contributed by atoms with van der Waals surface area (Å²) in [6.45, 7) is 0.866. The highest BCUT2D eigenvalue weighted by Gasteiger charge is 2.56. The molecule has 2 heterocycles. The summed E-state index contributed by atoms with van der Waals surface area (Å²) in [4.78, 5) is 51.2. The SMILES string of the molecule is COC(=O)CC[C@H]1S[C@@H]2[C@H](NC(=O)COc3ccccc3)C(=O)N2C(C(=O)OCC(Cl)(Cl)Cl)=C1C. The van der Waals surface area contributed by atoms with Gasteiger partial charge in [-0.15, -0.1) is 11.8 Å². The summed E-state index contributed by atoms with van der Waals surface area (Å²) in [6.07, 6.45) is 0.450. The molecule has 0 bridgehead atoms. The van der Waals surface area contributed by atoms with E-state index in [0.717, 1.165) is 0 Å². The van der Waals surface area contributed by atoms with E-state index in [4.69, 9.17) is 49.0 Å². The summed E-state index contributed by atoms with van der Waals surface area (Å²) in [5.74, 6) is -1.72. The number of nitrogens with zero attached hydrogens (tertiary/aromatic N) is 1. The minimum atomic E-state index is -1.83. The molecule has 190 valence electrons. The number of carbonyl (C=O) groups excluding carboxylic acids is 4. The lowest BCUT2D eigenvalue weighted by molar-refractivity contribution is -0.153. The summed E-state index contributed by atoms with van der Waals surface area (Å²) in [5.41, 5.74) is 0.545. The van der Waals surface area contributed by atoms with Gasteiger partial charge in [0, 0.05) is 11.7 Å². The monoisotopic (exact) mass is 564 g/mol. The number of carbonyl (C=O) groups is 4. The molecule has 1 N–H and O–H groups in total. The largest absolute Gasteiger partial charge is 0.484 e. The molecule has 1 aromatic rings. The third kappa shape index (κ3) is 6.97. The molecule has 13 heteroatoms. The molecule has 0 saturated carbocycles. The second kappa shape index (κ2) is 11.7. The second-order valence-electron chi connectivity index (χ2n) is 7.71. The average molecular weight is 566 g/mol. The highest BCUT2D eigenvalue weighted by Crippen LogP contribution is 2.46. The lowest BCUT2D eigenvalue weighted by atomic mass is 9.99. The molecule has 0 aliphatic carbocycles. The Labute approximate surface area is 221 Å². The van der Waals surface area contributed by atoms with E-state index >= 15 is 0 Å². The third-order valence-corrected chi connectivity index (χ3v) is 7.28. The first-order valence-corrected chi connectivity index (χ1v) is 12.6. The molecular formula is C22H23Cl3N2O7S. The van der Waals surface area contributed by atoms with Crippen LogP contribution in [-0.4, -0.2) is 69.4 Å². The Morgan fingerprint density at radius 2 is 1.86 bits per heavy atom. The molecule has 0 unspecified atom stereocenters. The van der Waals surface area contributed by atoms with Crippen molar-refractivity contribution >= 4 is 70.3 Å². The van der Waals surface area contributed by atoms with Crippen LogP contribution in [-0.2, 0) is 28.7 Å². The first-order chi connectivity index (χ1) is 16.5. The fourth-order valence-corrected chi connectivity index (χ4v) is 5.32. The maximum Gasteiger partial charge on any atom is 0.355 e. The van der Waals surface area contributed by atoms with Crippen LogP contribution in [0.4, 0.5) is 0 Å². The highest BCUT2D eigenvalue weighted by molar-refractivity contribution is 8.00. The van der Waals surface area contributed by atoms with Crippen LogP contribution in [0.1, 0.15) is 19.8 Å². The number of alkyl halides is 3. The van der Waals surface area contributed by atoms with E-state index < -0.39 is 45.6 Å². The first kappa shape index (κ1) is 27.4. The Morgan fingerprint density at radius 1 is 1.17 bits per heavy atom. The molecule has 1 fully saturated rings. The molecule has 2 aliphatic heterocycles. The Kier molecular flexibility index (Phi) is 9.20. The number of nitrogens with one attached hydrogen (secondary N) is 1. The number of hydrogen-bond acceptors (Lipinski definition) is 8. The smallest absolute Gasteiger partial charge is 0.355 e. The Balaban J connectivity index is 1.73. The minimum absolute atomic E-state index is 0.00824. The number of β-lactam (4-membered cyclic amide) rings is 1. The Hall–Kier alpha value is -2.14. The molecular weight excluding hydrogens is 543 g/mol. The summed E-state index contributed by atoms with van der Waals surface area (Å²) >= 11 is 18.4. The van der Waals surface area contributed by atoms with Crippen molar-refractivity contribution in [2.45, 2.75) is 40.2 Å². The van der Waals surface area contributed by atoms with E-state index in [1.807, 2.05) is 6.07 Å². The molecule has 0 spiro atoms. The van der Waals surface area contributed by atoms with Gasteiger partial charge in [-0.2, -0.15) is 0 Å². The quantitative estimate of drug-likeness (QED) is 0.276. The number of methoxy groups -OCH3 is 1. The standard InChI is InChI=1S/C22H23Cl3N2O7S/c1-12-14(8-9-16(29)32-2)35-20-17(26-15(28)10-33-13-6-4-3-5-7-13)19(30)27(20)18(12)21(31)34-11-22(23,24)25/h3-7,14,17,20H,8-11H2,1-2H3,(H,26,28)/t14-,17-,20-/m1/s1. The lowest BCUT2D eigenvalue weighted by Gasteiger charge is -2.51. The van der Waals surface area contributed by atoms with E-state index in [-0.39, 0.29) is 24.0 Å². The zero-order valence-electron chi connectivity index (χ0n) is 18.8. The van der Waals surface area contributed by atoms with Crippen molar-refractivity contribution in [2.75, 3.05) is 20.3 Å². The number of ether oxygens (including phenoxy) is 3. The number of rotatable bonds is 9. The van der Waals surface area contributed by atoms with Gasteiger partial charge < -0.3 is 19.5 Å². The summed E-state index contributed by atoms with van der Waals surface area (Å²) < 4.78 is 13.4. The predicted octanol–water partition coefficient (Wildman–Crippen LogP) is 2.97. The van der Waals surface area contributed by atoms with Crippen molar-refractivity contribution in [3.8, 4) is 5.75 Å². The van der Waals surface area contributed by atoms with Gasteiger partial charge >= 0.3 is 11.9 Å². The summed E-state index contributed by atoms with van der Waals surface area (Å²) in [6, 6.07) is 7.87. The fraction of sp³-hybridized carbons (Fsp3) is 0.455. The number of hydrogen-bond donors (Lipinski definition) is 1. The lowest BCUT2D eigenvalue weighted by Crippen LogP contribution is -2.71. The van der Waals surface area contributed by atoms with E-state index in [1.165, 1.54) is 23.8 Å². The normalized spacial score (nSPS) is 21.6. The number of para-hydroxylation sites is 1. The van der Waals surface area contributed by atoms with Gasteiger partial charge in [-0.05, 0) is 31.1 Å². The number of benzene rings is 1. The van der Waals surface area contributed by atoms with Crippen LogP contribution < -0.4 is 10.1 Å². The molecule has 0 radical (unpaired) electrons. The van der Waals surface area contributed by atoms with Gasteiger partial charge in [-0.25, -0.2) is 4.79 Å². The number of fused-ring (bicyclic) bond motifs is 1. The summed E-state index contributed by atoms with van der Waals surface area (Å²) in [5, 5.41) is 1.74. The number of thioether (sulfide) groups is 1. The fourth-order valence-electron chi connectivity index (χ4n) is 3.58. The predicted molar refractivity (Wildman–Crippen MR) is 131 cm³/mol. The molecule has 35 heavy (non-hydrogen) atoms. The van der Waals surface area contributed by atoms with Crippen LogP contribution in [0.2, 0.25) is 0 Å². The van der Waals surface area contributed by atoms with Gasteiger partial charge in [0.1, 0.15) is 29.5 Å². The molecule has 9 nitrogen and oxygen atoms in total. The van der Waals surface area contributed by atoms with Crippen LogP contribution >= 0.6 is 46.6 Å². The van der Waals surface area contributed by atoms with Crippen molar-refractivity contribution < 1.29 is 33.4 Å². The van der Waals surface area contributed by atoms with Crippen molar-refractivity contribution in [1.29, 1.82) is 0 Å². The number of halogens is 3. The zero-order chi connectivity index (χ0) is 25.8. The molecule has 3 rings (SSSR count). The van der Waals surface area contributed by atoms with Crippen molar-refractivity contribution in [2.24, 2.45) is 0 Å². The number of esters is 2. The Bertz CT molecular complexity index is 1020. The topological polar surface area (TPSA) is 111 Å². The summed E-state index contributed by atoms with van der Waals surface area (Å²) in [7, 11) is 1.29. The molecule has 2 aliphatic rings. The number of amides is 2. The van der Waals surface area contributed by atoms with Crippen molar-refractivity contribution in [3.05, 3.63) is 41.6 Å². The molecule has 0 aromatic heterocycles. The van der Waals surface area contributed by atoms with Crippen LogP contribution in [0, 0.1) is 0 Å². The van der Waals surface area contributed by atoms with E-state index in [9.17, 15) is 19.2 Å². The third-order valence-electron chi connectivity index (χ3n) is 5.27. The average Bonchev–Trinajstić information content (AvgIpc) is 2.83. The van der Waals surface area contributed by atoms with Crippen LogP contribution in [0.3, 0.4) is 0 Å². The van der Waals surface area contributed by atoms with Gasteiger partial charge in [-0.3, -0.25) is 19.3 Å². The van der Waals surface area contributed by atoms with Gasteiger partial charge in [0.05, 0.1) is 7.11 Å². The van der Waals surface area contributed by atoms with E-state index in [1.54, 1.807) is 31.2 Å². The Morgan fingerprint density at radius 3 is 2.49 bits per heavy atom. The molecule has 2 amide bonds. The van der Waals surface area contributed by atoms with E-state index in [2.05, 4.69) is 5.32 Å². The van der Waals surface area contributed by atoms with Crippen LogP contribution in [0.5, 0.6) is 5.75 Å². The highest BCUT2D eigenvalue weighted by atomic mass is 35.6. The maximum absolute atomic E-state index is 12.9. The van der Waals surface area contributed by atoms with Gasteiger partial charge in [-0.1, -0.05) is 53.0 Å². The molecule has 1 saturated heterocycles. The molecule has 3 atom stereocenters. The molecule has 1 aromatic carbocycles. The maximum atomic E-state index is 12.9.